The molecule has 5 N–H and O–H groups in total. The van der Waals surface area contributed by atoms with E-state index in [-0.39, 0.29) is 12.2 Å². The SMILES string of the molecule is CS(=O)(=O)NCc1cc(F)cc(-c2nccc(N)c2N)c1. The molecule has 1 aromatic carbocycles. The smallest absolute Gasteiger partial charge is 0.209 e. The normalized spacial score (nSPS) is 11.5. The number of pyridine rings is 1. The van der Waals surface area contributed by atoms with E-state index in [2.05, 4.69) is 9.71 Å². The van der Waals surface area contributed by atoms with Gasteiger partial charge in [0.15, 0.2) is 0 Å². The molecule has 0 bridgehead atoms. The minimum Gasteiger partial charge on any atom is -0.397 e. The van der Waals surface area contributed by atoms with Gasteiger partial charge in [0, 0.05) is 18.3 Å². The van der Waals surface area contributed by atoms with E-state index in [0.29, 0.717) is 22.5 Å². The van der Waals surface area contributed by atoms with Gasteiger partial charge in [-0.15, -0.1) is 0 Å². The molecule has 6 nitrogen and oxygen atoms in total. The van der Waals surface area contributed by atoms with Gasteiger partial charge in [-0.05, 0) is 29.8 Å². The van der Waals surface area contributed by atoms with E-state index in [0.717, 1.165) is 6.26 Å². The third-order valence-corrected chi connectivity index (χ3v) is 3.46. The monoisotopic (exact) mass is 310 g/mol. The molecule has 112 valence electrons. The average Bonchev–Trinajstić information content (AvgIpc) is 2.38. The molecule has 0 aliphatic carbocycles. The summed E-state index contributed by atoms with van der Waals surface area (Å²) in [6.07, 6.45) is 2.50. The van der Waals surface area contributed by atoms with Gasteiger partial charge in [0.25, 0.3) is 0 Å². The molecule has 0 aliphatic heterocycles. The summed E-state index contributed by atoms with van der Waals surface area (Å²) in [4.78, 5) is 4.09. The number of nitrogens with two attached hydrogens (primary N) is 2. The van der Waals surface area contributed by atoms with Gasteiger partial charge in [0.05, 0.1) is 23.3 Å². The lowest BCUT2D eigenvalue weighted by atomic mass is 10.1. The highest BCUT2D eigenvalue weighted by Crippen LogP contribution is 2.28. The van der Waals surface area contributed by atoms with E-state index >= 15 is 0 Å². The van der Waals surface area contributed by atoms with E-state index in [9.17, 15) is 12.8 Å². The highest BCUT2D eigenvalue weighted by atomic mass is 32.2. The number of aromatic nitrogens is 1. The predicted molar refractivity (Wildman–Crippen MR) is 80.1 cm³/mol. The largest absolute Gasteiger partial charge is 0.397 e. The summed E-state index contributed by atoms with van der Waals surface area (Å²) in [6.45, 7) is -0.0220. The molecule has 0 aliphatic rings. The van der Waals surface area contributed by atoms with Gasteiger partial charge in [-0.25, -0.2) is 17.5 Å². The van der Waals surface area contributed by atoms with Crippen molar-refractivity contribution in [2.45, 2.75) is 6.54 Å². The van der Waals surface area contributed by atoms with Gasteiger partial charge in [0.1, 0.15) is 5.82 Å². The summed E-state index contributed by atoms with van der Waals surface area (Å²) in [6, 6.07) is 5.66. The standard InChI is InChI=1S/C13H15FN4O2S/c1-21(19,20)18-7-8-4-9(6-10(14)5-8)13-12(16)11(15)2-3-17-13/h2-6,18H,7,16H2,1H3,(H2,15,17). The van der Waals surface area contributed by atoms with Gasteiger partial charge < -0.3 is 11.5 Å². The van der Waals surface area contributed by atoms with Gasteiger partial charge >= 0.3 is 0 Å². The van der Waals surface area contributed by atoms with Crippen LogP contribution >= 0.6 is 0 Å². The van der Waals surface area contributed by atoms with Crippen LogP contribution in [-0.4, -0.2) is 19.7 Å². The first-order valence-electron chi connectivity index (χ1n) is 6.01. The van der Waals surface area contributed by atoms with E-state index in [4.69, 9.17) is 11.5 Å². The average molecular weight is 310 g/mol. The zero-order valence-electron chi connectivity index (χ0n) is 11.3. The number of rotatable bonds is 4. The zero-order chi connectivity index (χ0) is 15.6. The molecule has 0 fully saturated rings. The Morgan fingerprint density at radius 2 is 2.00 bits per heavy atom. The second kappa shape index (κ2) is 5.66. The lowest BCUT2D eigenvalue weighted by Crippen LogP contribution is -2.21. The lowest BCUT2D eigenvalue weighted by molar-refractivity contribution is 0.586. The number of hydrogen-bond donors (Lipinski definition) is 3. The highest BCUT2D eigenvalue weighted by Gasteiger charge is 2.10. The van der Waals surface area contributed by atoms with Crippen molar-refractivity contribution in [2.75, 3.05) is 17.7 Å². The third-order valence-electron chi connectivity index (χ3n) is 2.79. The van der Waals surface area contributed by atoms with Crippen molar-refractivity contribution in [1.82, 2.24) is 9.71 Å². The van der Waals surface area contributed by atoms with Crippen molar-refractivity contribution in [2.24, 2.45) is 0 Å². The summed E-state index contributed by atoms with van der Waals surface area (Å²) in [5.41, 5.74) is 13.4. The molecule has 0 unspecified atom stereocenters. The quantitative estimate of drug-likeness (QED) is 0.783. The van der Waals surface area contributed by atoms with Crippen LogP contribution in [0.2, 0.25) is 0 Å². The molecular formula is C13H15FN4O2S. The molecule has 2 rings (SSSR count). The van der Waals surface area contributed by atoms with Crippen LogP contribution in [0.15, 0.2) is 30.5 Å². The number of nitrogens with one attached hydrogen (secondary N) is 1. The Morgan fingerprint density at radius 3 is 2.67 bits per heavy atom. The number of halogens is 1. The topological polar surface area (TPSA) is 111 Å². The number of sulfonamides is 1. The minimum absolute atomic E-state index is 0.0220. The third kappa shape index (κ3) is 3.89. The van der Waals surface area contributed by atoms with E-state index in [1.165, 1.54) is 18.3 Å². The van der Waals surface area contributed by atoms with Crippen molar-refractivity contribution < 1.29 is 12.8 Å². The van der Waals surface area contributed by atoms with Gasteiger partial charge in [-0.2, -0.15) is 0 Å². The molecule has 0 saturated heterocycles. The van der Waals surface area contributed by atoms with Crippen LogP contribution in [0.1, 0.15) is 5.56 Å². The molecule has 21 heavy (non-hydrogen) atoms. The Bertz CT molecular complexity index is 778. The van der Waals surface area contributed by atoms with Crippen LogP contribution in [0.3, 0.4) is 0 Å². The van der Waals surface area contributed by atoms with Crippen molar-refractivity contribution in [3.8, 4) is 11.3 Å². The maximum atomic E-state index is 13.7. The van der Waals surface area contributed by atoms with E-state index < -0.39 is 15.8 Å². The van der Waals surface area contributed by atoms with Crippen molar-refractivity contribution in [3.05, 3.63) is 41.8 Å². The molecular weight excluding hydrogens is 295 g/mol. The summed E-state index contributed by atoms with van der Waals surface area (Å²) < 4.78 is 38.2. The second-order valence-electron chi connectivity index (χ2n) is 4.60. The molecule has 0 amide bonds. The van der Waals surface area contributed by atoms with Gasteiger partial charge in [-0.3, -0.25) is 4.98 Å². The van der Waals surface area contributed by atoms with Crippen LogP contribution in [0, 0.1) is 5.82 Å². The Hall–Kier alpha value is -2.19. The van der Waals surface area contributed by atoms with Crippen molar-refractivity contribution >= 4 is 21.4 Å². The number of hydrogen-bond acceptors (Lipinski definition) is 5. The van der Waals surface area contributed by atoms with Crippen LogP contribution < -0.4 is 16.2 Å². The number of nitrogen functional groups attached to an aromatic ring is 2. The second-order valence-corrected chi connectivity index (χ2v) is 6.44. The highest BCUT2D eigenvalue weighted by molar-refractivity contribution is 7.88. The maximum absolute atomic E-state index is 13.7. The lowest BCUT2D eigenvalue weighted by Gasteiger charge is -2.10. The van der Waals surface area contributed by atoms with E-state index in [1.54, 1.807) is 12.1 Å². The van der Waals surface area contributed by atoms with Crippen LogP contribution in [0.5, 0.6) is 0 Å². The molecule has 8 heteroatoms. The summed E-state index contributed by atoms with van der Waals surface area (Å²) in [7, 11) is -3.36. The Labute approximate surface area is 122 Å². The Kier molecular flexibility index (Phi) is 4.10. The van der Waals surface area contributed by atoms with Crippen LogP contribution in [0.25, 0.3) is 11.3 Å². The summed E-state index contributed by atoms with van der Waals surface area (Å²) >= 11 is 0. The molecule has 0 radical (unpaired) electrons. The molecule has 0 saturated carbocycles. The fraction of sp³-hybridized carbons (Fsp3) is 0.154. The Morgan fingerprint density at radius 1 is 1.29 bits per heavy atom. The fourth-order valence-corrected chi connectivity index (χ4v) is 2.25. The van der Waals surface area contributed by atoms with Crippen LogP contribution in [-0.2, 0) is 16.6 Å². The van der Waals surface area contributed by atoms with E-state index in [1.807, 2.05) is 0 Å². The fourth-order valence-electron chi connectivity index (χ4n) is 1.82. The molecule has 1 heterocycles. The molecule has 0 atom stereocenters. The maximum Gasteiger partial charge on any atom is 0.209 e. The minimum atomic E-state index is -3.36. The summed E-state index contributed by atoms with van der Waals surface area (Å²) in [5.74, 6) is -0.513. The van der Waals surface area contributed by atoms with Gasteiger partial charge in [0.2, 0.25) is 10.0 Å². The predicted octanol–water partition coefficient (Wildman–Crippen LogP) is 1.10. The van der Waals surface area contributed by atoms with Gasteiger partial charge in [-0.1, -0.05) is 0 Å². The van der Waals surface area contributed by atoms with Crippen molar-refractivity contribution in [3.63, 3.8) is 0 Å². The molecule has 1 aromatic heterocycles. The molecule has 2 aromatic rings. The van der Waals surface area contributed by atoms with Crippen molar-refractivity contribution in [1.29, 1.82) is 0 Å². The first-order chi connectivity index (χ1) is 9.76. The van der Waals surface area contributed by atoms with Crippen LogP contribution in [0.4, 0.5) is 15.8 Å². The molecule has 0 spiro atoms. The summed E-state index contributed by atoms with van der Waals surface area (Å²) in [5, 5.41) is 0. The number of benzene rings is 1. The first-order valence-corrected chi connectivity index (χ1v) is 7.90. The zero-order valence-corrected chi connectivity index (χ0v) is 12.1. The number of anilines is 2. The number of nitrogens with zero attached hydrogens (tertiary/aromatic N) is 1. The Balaban J connectivity index is 2.41. The first kappa shape index (κ1) is 15.2.